The Kier molecular flexibility index (Phi) is 9.51. The molecule has 6 nitrogen and oxygen atoms in total. The lowest BCUT2D eigenvalue weighted by Crippen LogP contribution is -2.54. The van der Waals surface area contributed by atoms with Gasteiger partial charge in [0, 0.05) is 6.54 Å². The highest BCUT2D eigenvalue weighted by Gasteiger charge is 2.22. The number of hydrogen-bond donors (Lipinski definition) is 4. The molecule has 1 aromatic rings. The standard InChI is InChI=1S/C15H21ClN4O2S2/c1-3-17-15(23)20-19-14(22)12(8-9-24-2)18-13(21)10-6-4-5-7-11(10)16/h4-7,12H,3,8-9H2,1-2H3,(H,18,21)(H,19,22)(H2,17,20,23)/t12-/m1/s1. The molecule has 0 saturated carbocycles. The number of hydrogen-bond acceptors (Lipinski definition) is 4. The Hall–Kier alpha value is -1.51. The van der Waals surface area contributed by atoms with Crippen LogP contribution >= 0.6 is 35.6 Å². The van der Waals surface area contributed by atoms with Gasteiger partial charge in [-0.05, 0) is 49.7 Å². The van der Waals surface area contributed by atoms with Gasteiger partial charge in [0.2, 0.25) is 0 Å². The summed E-state index contributed by atoms with van der Waals surface area (Å²) in [7, 11) is 0. The summed E-state index contributed by atoms with van der Waals surface area (Å²) >= 11 is 12.6. The maximum absolute atomic E-state index is 12.3. The number of thioether (sulfide) groups is 1. The Balaban J connectivity index is 2.70. The number of benzene rings is 1. The van der Waals surface area contributed by atoms with Gasteiger partial charge in [0.15, 0.2) is 5.11 Å². The number of thiocarbonyl (C=S) groups is 1. The zero-order chi connectivity index (χ0) is 17.9. The molecule has 0 fully saturated rings. The maximum Gasteiger partial charge on any atom is 0.260 e. The van der Waals surface area contributed by atoms with Crippen LogP contribution in [0.25, 0.3) is 0 Å². The molecule has 2 amide bonds. The summed E-state index contributed by atoms with van der Waals surface area (Å²) in [6, 6.07) is 6.00. The summed E-state index contributed by atoms with van der Waals surface area (Å²) in [6.45, 7) is 2.53. The number of carbonyl (C=O) groups excluding carboxylic acids is 2. The minimum atomic E-state index is -0.696. The molecule has 0 saturated heterocycles. The van der Waals surface area contributed by atoms with Crippen LogP contribution in [-0.2, 0) is 4.79 Å². The van der Waals surface area contributed by atoms with Crippen LogP contribution < -0.4 is 21.5 Å². The van der Waals surface area contributed by atoms with Gasteiger partial charge in [-0.25, -0.2) is 0 Å². The van der Waals surface area contributed by atoms with Crippen molar-refractivity contribution in [1.82, 2.24) is 21.5 Å². The second kappa shape index (κ2) is 11.1. The van der Waals surface area contributed by atoms with Gasteiger partial charge >= 0.3 is 0 Å². The van der Waals surface area contributed by atoms with E-state index in [0.29, 0.717) is 28.7 Å². The van der Waals surface area contributed by atoms with E-state index in [0.717, 1.165) is 5.75 Å². The normalized spacial score (nSPS) is 11.3. The SMILES string of the molecule is CCNC(=S)NNC(=O)[C@@H](CCSC)NC(=O)c1ccccc1Cl. The van der Waals surface area contributed by atoms with Gasteiger partial charge < -0.3 is 10.6 Å². The maximum atomic E-state index is 12.3. The second-order valence-corrected chi connectivity index (χ2v) is 6.56. The van der Waals surface area contributed by atoms with E-state index in [4.69, 9.17) is 23.8 Å². The van der Waals surface area contributed by atoms with E-state index in [9.17, 15) is 9.59 Å². The van der Waals surface area contributed by atoms with E-state index in [1.54, 1.807) is 36.0 Å². The van der Waals surface area contributed by atoms with Crippen molar-refractivity contribution < 1.29 is 9.59 Å². The fraction of sp³-hybridized carbons (Fsp3) is 0.400. The highest BCUT2D eigenvalue weighted by molar-refractivity contribution is 7.98. The third-order valence-corrected chi connectivity index (χ3v) is 4.21. The quantitative estimate of drug-likeness (QED) is 0.420. The summed E-state index contributed by atoms with van der Waals surface area (Å²) in [5.41, 5.74) is 5.43. The number of hydrazine groups is 1. The van der Waals surface area contributed by atoms with Crippen molar-refractivity contribution in [3.63, 3.8) is 0 Å². The third kappa shape index (κ3) is 6.94. The number of halogens is 1. The first-order chi connectivity index (χ1) is 11.5. The predicted octanol–water partition coefficient (Wildman–Crippen LogP) is 1.71. The zero-order valence-electron chi connectivity index (χ0n) is 13.5. The molecule has 0 aliphatic carbocycles. The average molecular weight is 389 g/mol. The topological polar surface area (TPSA) is 82.3 Å². The molecule has 0 spiro atoms. The second-order valence-electron chi connectivity index (χ2n) is 4.76. The lowest BCUT2D eigenvalue weighted by atomic mass is 10.1. The van der Waals surface area contributed by atoms with Crippen LogP contribution in [0, 0.1) is 0 Å². The van der Waals surface area contributed by atoms with Gasteiger partial charge in [0.1, 0.15) is 6.04 Å². The smallest absolute Gasteiger partial charge is 0.260 e. The molecular weight excluding hydrogens is 368 g/mol. The summed E-state index contributed by atoms with van der Waals surface area (Å²) in [5.74, 6) is -0.0424. The predicted molar refractivity (Wildman–Crippen MR) is 103 cm³/mol. The Morgan fingerprint density at radius 3 is 2.62 bits per heavy atom. The van der Waals surface area contributed by atoms with Crippen molar-refractivity contribution in [3.05, 3.63) is 34.9 Å². The molecule has 24 heavy (non-hydrogen) atoms. The summed E-state index contributed by atoms with van der Waals surface area (Å²) in [5, 5.41) is 6.22. The molecule has 1 atom stereocenters. The van der Waals surface area contributed by atoms with Crippen LogP contribution in [0.4, 0.5) is 0 Å². The highest BCUT2D eigenvalue weighted by atomic mass is 35.5. The minimum Gasteiger partial charge on any atom is -0.362 e. The number of carbonyl (C=O) groups is 2. The Labute approximate surface area is 156 Å². The molecule has 0 aliphatic rings. The lowest BCUT2D eigenvalue weighted by Gasteiger charge is -2.19. The molecule has 0 unspecified atom stereocenters. The van der Waals surface area contributed by atoms with Crippen molar-refractivity contribution in [2.75, 3.05) is 18.6 Å². The van der Waals surface area contributed by atoms with Crippen LogP contribution in [0.1, 0.15) is 23.7 Å². The van der Waals surface area contributed by atoms with Gasteiger partial charge in [0.05, 0.1) is 10.6 Å². The average Bonchev–Trinajstić information content (AvgIpc) is 2.56. The first-order valence-corrected chi connectivity index (χ1v) is 9.55. The zero-order valence-corrected chi connectivity index (χ0v) is 15.9. The van der Waals surface area contributed by atoms with Crippen LogP contribution in [0.3, 0.4) is 0 Å². The molecule has 1 rings (SSSR count). The molecule has 9 heteroatoms. The Morgan fingerprint density at radius 2 is 2.00 bits per heavy atom. The minimum absolute atomic E-state index is 0.312. The first kappa shape index (κ1) is 20.5. The summed E-state index contributed by atoms with van der Waals surface area (Å²) in [4.78, 5) is 24.6. The monoisotopic (exact) mass is 388 g/mol. The molecule has 0 bridgehead atoms. The highest BCUT2D eigenvalue weighted by Crippen LogP contribution is 2.15. The van der Waals surface area contributed by atoms with E-state index in [1.165, 1.54) is 0 Å². The fourth-order valence-electron chi connectivity index (χ4n) is 1.80. The molecule has 0 heterocycles. The van der Waals surface area contributed by atoms with Crippen LogP contribution in [-0.4, -0.2) is 41.5 Å². The van der Waals surface area contributed by atoms with Crippen molar-refractivity contribution in [2.24, 2.45) is 0 Å². The number of nitrogens with one attached hydrogen (secondary N) is 4. The largest absolute Gasteiger partial charge is 0.362 e. The number of amides is 2. The van der Waals surface area contributed by atoms with Gasteiger partial charge in [-0.1, -0.05) is 23.7 Å². The Morgan fingerprint density at radius 1 is 1.29 bits per heavy atom. The van der Waals surface area contributed by atoms with Gasteiger partial charge in [-0.3, -0.25) is 20.4 Å². The molecule has 0 radical (unpaired) electrons. The van der Waals surface area contributed by atoms with Crippen molar-refractivity contribution in [1.29, 1.82) is 0 Å². The summed E-state index contributed by atoms with van der Waals surface area (Å²) in [6.07, 6.45) is 2.42. The molecule has 4 N–H and O–H groups in total. The van der Waals surface area contributed by atoms with Crippen LogP contribution in [0.15, 0.2) is 24.3 Å². The Bertz CT molecular complexity index is 586. The first-order valence-electron chi connectivity index (χ1n) is 7.37. The number of rotatable bonds is 7. The van der Waals surface area contributed by atoms with Crippen molar-refractivity contribution in [3.8, 4) is 0 Å². The summed E-state index contributed by atoms with van der Waals surface area (Å²) < 4.78 is 0. The van der Waals surface area contributed by atoms with Gasteiger partial charge in [0.25, 0.3) is 11.8 Å². The van der Waals surface area contributed by atoms with Crippen LogP contribution in [0.2, 0.25) is 5.02 Å². The molecule has 1 aromatic carbocycles. The molecule has 0 aliphatic heterocycles. The van der Waals surface area contributed by atoms with Crippen LogP contribution in [0.5, 0.6) is 0 Å². The van der Waals surface area contributed by atoms with E-state index >= 15 is 0 Å². The van der Waals surface area contributed by atoms with Crippen molar-refractivity contribution >= 4 is 52.5 Å². The van der Waals surface area contributed by atoms with Gasteiger partial charge in [-0.15, -0.1) is 0 Å². The lowest BCUT2D eigenvalue weighted by molar-refractivity contribution is -0.123. The van der Waals surface area contributed by atoms with Gasteiger partial charge in [-0.2, -0.15) is 11.8 Å². The molecule has 132 valence electrons. The fourth-order valence-corrected chi connectivity index (χ4v) is 2.68. The molecular formula is C15H21ClN4O2S2. The third-order valence-electron chi connectivity index (χ3n) is 2.99. The van der Waals surface area contributed by atoms with E-state index in [1.807, 2.05) is 13.2 Å². The van der Waals surface area contributed by atoms with E-state index < -0.39 is 11.9 Å². The molecule has 0 aromatic heterocycles. The van der Waals surface area contributed by atoms with Crippen molar-refractivity contribution in [2.45, 2.75) is 19.4 Å². The van der Waals surface area contributed by atoms with E-state index in [-0.39, 0.29) is 5.91 Å². The van der Waals surface area contributed by atoms with E-state index in [2.05, 4.69) is 21.5 Å².